The Morgan fingerprint density at radius 2 is 1.91 bits per heavy atom. The van der Waals surface area contributed by atoms with Gasteiger partial charge in [-0.05, 0) is 18.4 Å². The average molecular weight is 145 g/mol. The van der Waals surface area contributed by atoms with Crippen molar-refractivity contribution in [2.45, 2.75) is 18.9 Å². The molecule has 1 aliphatic carbocycles. The van der Waals surface area contributed by atoms with Crippen LogP contribution < -0.4 is 0 Å². The molecule has 0 saturated heterocycles. The summed E-state index contributed by atoms with van der Waals surface area (Å²) in [5.41, 5.74) is 1.21. The summed E-state index contributed by atoms with van der Waals surface area (Å²) in [6.45, 7) is 0. The van der Waals surface area contributed by atoms with Gasteiger partial charge in [-0.25, -0.2) is 0 Å². The summed E-state index contributed by atoms with van der Waals surface area (Å²) in [5.74, 6) is 0. The van der Waals surface area contributed by atoms with E-state index in [2.05, 4.69) is 17.1 Å². The zero-order valence-corrected chi connectivity index (χ0v) is 6.40. The van der Waals surface area contributed by atoms with Gasteiger partial charge in [-0.3, -0.25) is 4.99 Å². The predicted molar refractivity (Wildman–Crippen MR) is 47.1 cm³/mol. The standard InChI is InChI=1S/C10H11N/c1-2-4-9(5-3-1)8-11-10-6-7-10/h1-5,8,10H,6-7H2. The topological polar surface area (TPSA) is 12.4 Å². The number of aliphatic imine (C=N–C) groups is 1. The minimum atomic E-state index is 0.634. The molecule has 1 fully saturated rings. The third-order valence-corrected chi connectivity index (χ3v) is 1.78. The van der Waals surface area contributed by atoms with Gasteiger partial charge in [0.2, 0.25) is 0 Å². The Labute approximate surface area is 66.8 Å². The van der Waals surface area contributed by atoms with E-state index in [0.717, 1.165) is 0 Å². The largest absolute Gasteiger partial charge is 0.289 e. The number of hydrogen-bond donors (Lipinski definition) is 0. The Balaban J connectivity index is 2.05. The average Bonchev–Trinajstić information content (AvgIpc) is 2.86. The lowest BCUT2D eigenvalue weighted by molar-refractivity contribution is 1.08. The molecule has 11 heavy (non-hydrogen) atoms. The molecule has 0 aromatic heterocycles. The highest BCUT2D eigenvalue weighted by atomic mass is 14.8. The molecule has 0 heterocycles. The summed E-state index contributed by atoms with van der Waals surface area (Å²) in [6, 6.07) is 10.9. The van der Waals surface area contributed by atoms with E-state index in [-0.39, 0.29) is 0 Å². The van der Waals surface area contributed by atoms with E-state index >= 15 is 0 Å². The summed E-state index contributed by atoms with van der Waals surface area (Å²) in [7, 11) is 0. The van der Waals surface area contributed by atoms with Crippen LogP contribution in [-0.4, -0.2) is 12.3 Å². The van der Waals surface area contributed by atoms with Crippen LogP contribution in [0.2, 0.25) is 0 Å². The smallest absolute Gasteiger partial charge is 0.0501 e. The van der Waals surface area contributed by atoms with Crippen molar-refractivity contribution < 1.29 is 0 Å². The molecule has 1 heteroatoms. The first-order valence-electron chi connectivity index (χ1n) is 4.03. The predicted octanol–water partition coefficient (Wildman–Crippen LogP) is 2.27. The molecule has 0 N–H and O–H groups in total. The summed E-state index contributed by atoms with van der Waals surface area (Å²) >= 11 is 0. The first kappa shape index (κ1) is 6.59. The van der Waals surface area contributed by atoms with Crippen molar-refractivity contribution in [3.8, 4) is 0 Å². The second kappa shape index (κ2) is 2.87. The summed E-state index contributed by atoms with van der Waals surface area (Å²) in [4.78, 5) is 4.38. The van der Waals surface area contributed by atoms with Gasteiger partial charge in [-0.1, -0.05) is 30.3 Å². The Hall–Kier alpha value is -1.11. The fourth-order valence-electron chi connectivity index (χ4n) is 0.954. The molecule has 1 saturated carbocycles. The van der Waals surface area contributed by atoms with Crippen LogP contribution in [0.25, 0.3) is 0 Å². The maximum Gasteiger partial charge on any atom is 0.0501 e. The summed E-state index contributed by atoms with van der Waals surface area (Å²) in [5, 5.41) is 0. The van der Waals surface area contributed by atoms with E-state index < -0.39 is 0 Å². The molecular weight excluding hydrogens is 134 g/mol. The molecule has 1 aromatic carbocycles. The molecule has 0 atom stereocenters. The Morgan fingerprint density at radius 1 is 1.18 bits per heavy atom. The van der Waals surface area contributed by atoms with E-state index in [1.807, 2.05) is 24.4 Å². The minimum Gasteiger partial charge on any atom is -0.289 e. The van der Waals surface area contributed by atoms with Crippen LogP contribution in [0, 0.1) is 0 Å². The third-order valence-electron chi connectivity index (χ3n) is 1.78. The molecule has 1 aromatic rings. The Morgan fingerprint density at radius 3 is 2.55 bits per heavy atom. The number of hydrogen-bond acceptors (Lipinski definition) is 1. The van der Waals surface area contributed by atoms with Crippen LogP contribution in [0.5, 0.6) is 0 Å². The van der Waals surface area contributed by atoms with Crippen LogP contribution >= 0.6 is 0 Å². The van der Waals surface area contributed by atoms with Gasteiger partial charge in [0.05, 0.1) is 6.04 Å². The third kappa shape index (κ3) is 1.90. The maximum absolute atomic E-state index is 4.38. The molecule has 0 unspecified atom stereocenters. The summed E-state index contributed by atoms with van der Waals surface area (Å²) < 4.78 is 0. The zero-order valence-electron chi connectivity index (χ0n) is 6.40. The first-order valence-corrected chi connectivity index (χ1v) is 4.03. The van der Waals surface area contributed by atoms with E-state index in [0.29, 0.717) is 6.04 Å². The van der Waals surface area contributed by atoms with Crippen molar-refractivity contribution in [1.29, 1.82) is 0 Å². The van der Waals surface area contributed by atoms with Crippen molar-refractivity contribution >= 4 is 6.21 Å². The Kier molecular flexibility index (Phi) is 1.72. The van der Waals surface area contributed by atoms with Gasteiger partial charge in [0.25, 0.3) is 0 Å². The molecule has 2 rings (SSSR count). The highest BCUT2D eigenvalue weighted by Crippen LogP contribution is 2.22. The van der Waals surface area contributed by atoms with Crippen molar-refractivity contribution in [1.82, 2.24) is 0 Å². The molecule has 0 amide bonds. The second-order valence-electron chi connectivity index (χ2n) is 2.92. The van der Waals surface area contributed by atoms with Crippen molar-refractivity contribution in [2.75, 3.05) is 0 Å². The molecule has 1 nitrogen and oxygen atoms in total. The van der Waals surface area contributed by atoms with Crippen molar-refractivity contribution in [2.24, 2.45) is 4.99 Å². The minimum absolute atomic E-state index is 0.634. The van der Waals surface area contributed by atoms with Crippen LogP contribution in [0.1, 0.15) is 18.4 Å². The quantitative estimate of drug-likeness (QED) is 0.566. The number of nitrogens with zero attached hydrogens (tertiary/aromatic N) is 1. The molecule has 0 bridgehead atoms. The van der Waals surface area contributed by atoms with Gasteiger partial charge >= 0.3 is 0 Å². The fraction of sp³-hybridized carbons (Fsp3) is 0.300. The lowest BCUT2D eigenvalue weighted by atomic mass is 10.2. The van der Waals surface area contributed by atoms with Crippen molar-refractivity contribution in [3.05, 3.63) is 35.9 Å². The van der Waals surface area contributed by atoms with E-state index in [1.54, 1.807) is 0 Å². The van der Waals surface area contributed by atoms with Crippen LogP contribution in [0.3, 0.4) is 0 Å². The lowest BCUT2D eigenvalue weighted by Gasteiger charge is -1.88. The number of rotatable bonds is 2. The molecule has 1 aliphatic rings. The number of benzene rings is 1. The van der Waals surface area contributed by atoms with E-state index in [4.69, 9.17) is 0 Å². The highest BCUT2D eigenvalue weighted by Gasteiger charge is 2.18. The van der Waals surface area contributed by atoms with Crippen LogP contribution in [-0.2, 0) is 0 Å². The van der Waals surface area contributed by atoms with Crippen molar-refractivity contribution in [3.63, 3.8) is 0 Å². The molecule has 56 valence electrons. The SMILES string of the molecule is C(=NC1CC1)c1ccccc1. The van der Waals surface area contributed by atoms with Gasteiger partial charge in [-0.2, -0.15) is 0 Å². The Bertz CT molecular complexity index is 247. The highest BCUT2D eigenvalue weighted by molar-refractivity contribution is 5.79. The second-order valence-corrected chi connectivity index (χ2v) is 2.92. The van der Waals surface area contributed by atoms with E-state index in [9.17, 15) is 0 Å². The van der Waals surface area contributed by atoms with Crippen LogP contribution in [0.15, 0.2) is 35.3 Å². The normalized spacial score (nSPS) is 17.5. The van der Waals surface area contributed by atoms with Crippen LogP contribution in [0.4, 0.5) is 0 Å². The fourth-order valence-corrected chi connectivity index (χ4v) is 0.954. The monoisotopic (exact) mass is 145 g/mol. The summed E-state index contributed by atoms with van der Waals surface area (Å²) in [6.07, 6.45) is 4.53. The molecule has 0 radical (unpaired) electrons. The molecule has 0 aliphatic heterocycles. The van der Waals surface area contributed by atoms with Gasteiger partial charge in [0, 0.05) is 6.21 Å². The van der Waals surface area contributed by atoms with Gasteiger partial charge in [0.15, 0.2) is 0 Å². The van der Waals surface area contributed by atoms with E-state index in [1.165, 1.54) is 18.4 Å². The van der Waals surface area contributed by atoms with Gasteiger partial charge < -0.3 is 0 Å². The molecule has 0 spiro atoms. The zero-order chi connectivity index (χ0) is 7.52. The molecular formula is C10H11N. The van der Waals surface area contributed by atoms with Gasteiger partial charge in [-0.15, -0.1) is 0 Å². The lowest BCUT2D eigenvalue weighted by Crippen LogP contribution is -1.81. The first-order chi connectivity index (χ1) is 5.45. The maximum atomic E-state index is 4.38. The van der Waals surface area contributed by atoms with Gasteiger partial charge in [0.1, 0.15) is 0 Å².